The molecule has 110 valence electrons. The third kappa shape index (κ3) is 4.28. The van der Waals surface area contributed by atoms with Crippen LogP contribution < -0.4 is 5.73 Å². The first-order chi connectivity index (χ1) is 9.04. The molecule has 0 aliphatic carbocycles. The molecule has 2 unspecified atom stereocenters. The van der Waals surface area contributed by atoms with Gasteiger partial charge in [0, 0.05) is 42.0 Å². The number of methoxy groups -OCH3 is 1. The van der Waals surface area contributed by atoms with E-state index < -0.39 is 0 Å². The van der Waals surface area contributed by atoms with Crippen LogP contribution in [0.15, 0.2) is 6.07 Å². The molecule has 1 aromatic rings. The van der Waals surface area contributed by atoms with Gasteiger partial charge in [-0.2, -0.15) is 0 Å². The zero-order valence-electron chi connectivity index (χ0n) is 12.9. The molecule has 19 heavy (non-hydrogen) atoms. The van der Waals surface area contributed by atoms with Gasteiger partial charge in [0.05, 0.1) is 6.61 Å². The Hall–Kier alpha value is -0.420. The average Bonchev–Trinajstić information content (AvgIpc) is 2.72. The number of rotatable bonds is 8. The largest absolute Gasteiger partial charge is 0.383 e. The molecule has 0 saturated carbocycles. The van der Waals surface area contributed by atoms with Crippen LogP contribution in [0.5, 0.6) is 0 Å². The van der Waals surface area contributed by atoms with E-state index in [1.54, 1.807) is 7.11 Å². The molecule has 0 aliphatic rings. The Morgan fingerprint density at radius 2 is 2.11 bits per heavy atom. The van der Waals surface area contributed by atoms with Crippen molar-refractivity contribution in [3.05, 3.63) is 21.4 Å². The summed E-state index contributed by atoms with van der Waals surface area (Å²) in [5.41, 5.74) is 7.46. The van der Waals surface area contributed by atoms with E-state index in [1.807, 2.05) is 11.3 Å². The highest BCUT2D eigenvalue weighted by molar-refractivity contribution is 7.12. The SMILES string of the molecule is CCC(C)N(CCOC)C(CN)c1cc(C)sc1C. The Kier molecular flexibility index (Phi) is 7.00. The van der Waals surface area contributed by atoms with Gasteiger partial charge in [0.2, 0.25) is 0 Å². The predicted molar refractivity (Wildman–Crippen MR) is 83.9 cm³/mol. The summed E-state index contributed by atoms with van der Waals surface area (Å²) >= 11 is 1.86. The van der Waals surface area contributed by atoms with Crippen molar-refractivity contribution in [1.82, 2.24) is 4.90 Å². The van der Waals surface area contributed by atoms with Crippen LogP contribution in [0.3, 0.4) is 0 Å². The van der Waals surface area contributed by atoms with Crippen molar-refractivity contribution in [2.45, 2.75) is 46.2 Å². The number of hydrogen-bond donors (Lipinski definition) is 1. The molecule has 1 rings (SSSR count). The van der Waals surface area contributed by atoms with Crippen LogP contribution in [-0.4, -0.2) is 37.7 Å². The highest BCUT2D eigenvalue weighted by Gasteiger charge is 2.25. The van der Waals surface area contributed by atoms with Gasteiger partial charge in [-0.3, -0.25) is 4.90 Å². The summed E-state index contributed by atoms with van der Waals surface area (Å²) in [6, 6.07) is 3.11. The van der Waals surface area contributed by atoms with Crippen LogP contribution >= 0.6 is 11.3 Å². The second kappa shape index (κ2) is 8.00. The zero-order chi connectivity index (χ0) is 14.4. The van der Waals surface area contributed by atoms with Gasteiger partial charge in [-0.05, 0) is 38.8 Å². The molecule has 0 aliphatic heterocycles. The molecule has 3 nitrogen and oxygen atoms in total. The van der Waals surface area contributed by atoms with Gasteiger partial charge in [-0.25, -0.2) is 0 Å². The van der Waals surface area contributed by atoms with Crippen molar-refractivity contribution in [1.29, 1.82) is 0 Å². The van der Waals surface area contributed by atoms with Crippen molar-refractivity contribution >= 4 is 11.3 Å². The molecule has 0 radical (unpaired) electrons. The molecule has 4 heteroatoms. The maximum absolute atomic E-state index is 6.07. The summed E-state index contributed by atoms with van der Waals surface area (Å²) in [5, 5.41) is 0. The average molecular weight is 284 g/mol. The molecule has 2 N–H and O–H groups in total. The third-order valence-electron chi connectivity index (χ3n) is 3.77. The lowest BCUT2D eigenvalue weighted by Gasteiger charge is -2.35. The molecule has 0 fully saturated rings. The van der Waals surface area contributed by atoms with E-state index >= 15 is 0 Å². The molecule has 0 amide bonds. The van der Waals surface area contributed by atoms with Gasteiger partial charge in [-0.15, -0.1) is 11.3 Å². The second-order valence-corrected chi connectivity index (χ2v) is 6.57. The molecule has 2 atom stereocenters. The number of nitrogens with two attached hydrogens (primary N) is 1. The maximum Gasteiger partial charge on any atom is 0.0590 e. The Morgan fingerprint density at radius 3 is 2.53 bits per heavy atom. The number of thiophene rings is 1. The molecule has 0 aromatic carbocycles. The van der Waals surface area contributed by atoms with Crippen molar-refractivity contribution in [2.75, 3.05) is 26.8 Å². The van der Waals surface area contributed by atoms with E-state index in [0.717, 1.165) is 19.6 Å². The summed E-state index contributed by atoms with van der Waals surface area (Å²) in [6.07, 6.45) is 1.13. The Balaban J connectivity index is 2.98. The Bertz CT molecular complexity index is 378. The second-order valence-electron chi connectivity index (χ2n) is 5.11. The molecule has 0 saturated heterocycles. The fourth-order valence-corrected chi connectivity index (χ4v) is 3.52. The van der Waals surface area contributed by atoms with Crippen LogP contribution in [0, 0.1) is 13.8 Å². The minimum absolute atomic E-state index is 0.301. The van der Waals surface area contributed by atoms with E-state index in [4.69, 9.17) is 10.5 Å². The molecule has 1 aromatic heterocycles. The number of hydrogen-bond acceptors (Lipinski definition) is 4. The minimum Gasteiger partial charge on any atom is -0.383 e. The lowest BCUT2D eigenvalue weighted by atomic mass is 10.0. The highest BCUT2D eigenvalue weighted by Crippen LogP contribution is 2.31. The topological polar surface area (TPSA) is 38.5 Å². The van der Waals surface area contributed by atoms with Gasteiger partial charge in [0.25, 0.3) is 0 Å². The van der Waals surface area contributed by atoms with Gasteiger partial charge < -0.3 is 10.5 Å². The van der Waals surface area contributed by atoms with E-state index in [9.17, 15) is 0 Å². The van der Waals surface area contributed by atoms with E-state index in [-0.39, 0.29) is 0 Å². The first-order valence-corrected chi connectivity index (χ1v) is 7.88. The van der Waals surface area contributed by atoms with Gasteiger partial charge in [0.1, 0.15) is 0 Å². The van der Waals surface area contributed by atoms with Gasteiger partial charge in [-0.1, -0.05) is 6.92 Å². The molecule has 1 heterocycles. The van der Waals surface area contributed by atoms with E-state index in [1.165, 1.54) is 15.3 Å². The number of nitrogens with zero attached hydrogens (tertiary/aromatic N) is 1. The first-order valence-electron chi connectivity index (χ1n) is 7.06. The van der Waals surface area contributed by atoms with Crippen molar-refractivity contribution < 1.29 is 4.74 Å². The maximum atomic E-state index is 6.07. The zero-order valence-corrected chi connectivity index (χ0v) is 13.7. The van der Waals surface area contributed by atoms with E-state index in [2.05, 4.69) is 38.7 Å². The van der Waals surface area contributed by atoms with Crippen LogP contribution in [-0.2, 0) is 4.74 Å². The first kappa shape index (κ1) is 16.6. The van der Waals surface area contributed by atoms with Gasteiger partial charge in [0.15, 0.2) is 0 Å². The quantitative estimate of drug-likeness (QED) is 0.797. The predicted octanol–water partition coefficient (Wildman–Crippen LogP) is 3.11. The van der Waals surface area contributed by atoms with Crippen LogP contribution in [0.4, 0.5) is 0 Å². The summed E-state index contributed by atoms with van der Waals surface area (Å²) in [6.45, 7) is 11.2. The van der Waals surface area contributed by atoms with Crippen molar-refractivity contribution in [3.8, 4) is 0 Å². The lowest BCUT2D eigenvalue weighted by molar-refractivity contribution is 0.0902. The van der Waals surface area contributed by atoms with Crippen LogP contribution in [0.25, 0.3) is 0 Å². The summed E-state index contributed by atoms with van der Waals surface area (Å²) in [5.74, 6) is 0. The standard InChI is InChI=1S/C15H28N2OS/c1-6-11(2)17(7-8-18-5)15(10-16)14-9-12(3)19-13(14)4/h9,11,15H,6-8,10,16H2,1-5H3. The molecular formula is C15H28N2OS. The summed E-state index contributed by atoms with van der Waals surface area (Å²) in [4.78, 5) is 5.23. The lowest BCUT2D eigenvalue weighted by Crippen LogP contribution is -2.41. The van der Waals surface area contributed by atoms with Crippen molar-refractivity contribution in [2.24, 2.45) is 5.73 Å². The molecule has 0 bridgehead atoms. The smallest absolute Gasteiger partial charge is 0.0590 e. The number of aryl methyl sites for hydroxylation is 2. The number of ether oxygens (including phenoxy) is 1. The van der Waals surface area contributed by atoms with Crippen LogP contribution in [0.1, 0.15) is 41.6 Å². The normalized spacial score (nSPS) is 14.9. The van der Waals surface area contributed by atoms with Crippen molar-refractivity contribution in [3.63, 3.8) is 0 Å². The molecule has 0 spiro atoms. The summed E-state index contributed by atoms with van der Waals surface area (Å²) in [7, 11) is 1.76. The van der Waals surface area contributed by atoms with Crippen LogP contribution in [0.2, 0.25) is 0 Å². The monoisotopic (exact) mass is 284 g/mol. The minimum atomic E-state index is 0.301. The highest BCUT2D eigenvalue weighted by atomic mass is 32.1. The Morgan fingerprint density at radius 1 is 1.42 bits per heavy atom. The summed E-state index contributed by atoms with van der Waals surface area (Å²) < 4.78 is 5.25. The third-order valence-corrected chi connectivity index (χ3v) is 4.75. The fourth-order valence-electron chi connectivity index (χ4n) is 2.54. The van der Waals surface area contributed by atoms with Gasteiger partial charge >= 0.3 is 0 Å². The fraction of sp³-hybridized carbons (Fsp3) is 0.733. The molecular weight excluding hydrogens is 256 g/mol. The van der Waals surface area contributed by atoms with E-state index in [0.29, 0.717) is 18.6 Å². The Labute approximate surface area is 121 Å².